The van der Waals surface area contributed by atoms with E-state index in [-0.39, 0.29) is 40.1 Å². The molecule has 1 saturated heterocycles. The van der Waals surface area contributed by atoms with Crippen LogP contribution in [0.2, 0.25) is 0 Å². The van der Waals surface area contributed by atoms with E-state index < -0.39 is 0 Å². The first-order valence-electron chi connectivity index (χ1n) is 2.13. The maximum Gasteiger partial charge on any atom is 0 e. The fourth-order valence-corrected chi connectivity index (χ4v) is 0.559. The van der Waals surface area contributed by atoms with E-state index in [2.05, 4.69) is 5.32 Å². The molecule has 0 spiro atoms. The van der Waals surface area contributed by atoms with Gasteiger partial charge in [-0.15, -0.1) is 13.1 Å². The normalized spacial score (nSPS) is 17.1. The van der Waals surface area contributed by atoms with Crippen molar-refractivity contribution in [1.29, 1.82) is 0 Å². The third-order valence-corrected chi connectivity index (χ3v) is 0.882. The van der Waals surface area contributed by atoms with Crippen LogP contribution in [0.1, 0.15) is 12.8 Å². The van der Waals surface area contributed by atoms with Crippen molar-refractivity contribution < 1.29 is 32.7 Å². The van der Waals surface area contributed by atoms with Gasteiger partial charge in [0, 0.05) is 32.7 Å². The summed E-state index contributed by atoms with van der Waals surface area (Å²) in [6.07, 6.45) is 2.67. The molecule has 0 saturated carbocycles. The second kappa shape index (κ2) is 7.06. The Morgan fingerprint density at radius 1 is 1.00 bits per heavy atom. The van der Waals surface area contributed by atoms with Gasteiger partial charge in [-0.2, -0.15) is 0 Å². The molecule has 1 aliphatic heterocycles. The van der Waals surface area contributed by atoms with Crippen LogP contribution in [0.15, 0.2) is 0 Å². The fourth-order valence-electron chi connectivity index (χ4n) is 0.559. The Morgan fingerprint density at radius 3 is 1.57 bits per heavy atom. The van der Waals surface area contributed by atoms with Crippen molar-refractivity contribution in [2.45, 2.75) is 12.8 Å². The average molecular weight is 174 g/mol. The molecule has 1 nitrogen and oxygen atoms in total. The second-order valence-electron chi connectivity index (χ2n) is 1.38. The van der Waals surface area contributed by atoms with Crippen LogP contribution in [-0.2, 0) is 32.7 Å². The van der Waals surface area contributed by atoms with Gasteiger partial charge in [0.05, 0.1) is 0 Å². The summed E-state index contributed by atoms with van der Waals surface area (Å²) in [4.78, 5) is 0. The molecule has 0 atom stereocenters. The Kier molecular flexibility index (Phi) is 11.0. The molecule has 0 aromatic rings. The molecule has 0 aromatic heterocycles. The van der Waals surface area contributed by atoms with E-state index in [1.165, 1.54) is 12.8 Å². The van der Waals surface area contributed by atoms with E-state index in [1.807, 2.05) is 0 Å². The van der Waals surface area contributed by atoms with Gasteiger partial charge in [0.25, 0.3) is 0 Å². The Labute approximate surface area is 71.1 Å². The summed E-state index contributed by atoms with van der Waals surface area (Å²) in [7, 11) is 0. The van der Waals surface area contributed by atoms with E-state index in [0.29, 0.717) is 0 Å². The zero-order valence-corrected chi connectivity index (χ0v) is 7.69. The van der Waals surface area contributed by atoms with E-state index in [0.717, 1.165) is 13.1 Å². The quantitative estimate of drug-likeness (QED) is 0.495. The van der Waals surface area contributed by atoms with Crippen LogP contribution in [-0.4, -0.2) is 13.1 Å². The molecular formula is C5H11NY-2. The molecule has 0 aromatic carbocycles. The minimum Gasteiger partial charge on any atom is -0.662 e. The largest absolute Gasteiger partial charge is 0.662 e. The van der Waals surface area contributed by atoms with Crippen LogP contribution in [0.4, 0.5) is 0 Å². The zero-order chi connectivity index (χ0) is 3.54. The van der Waals surface area contributed by atoms with Crippen molar-refractivity contribution in [1.82, 2.24) is 0 Å². The smallest absolute Gasteiger partial charge is 0 e. The molecular weight excluding hydrogens is 163 g/mol. The molecule has 7 heavy (non-hydrogen) atoms. The van der Waals surface area contributed by atoms with Crippen LogP contribution >= 0.6 is 0 Å². The number of rotatable bonds is 0. The Morgan fingerprint density at radius 2 is 1.43 bits per heavy atom. The second-order valence-corrected chi connectivity index (χ2v) is 1.38. The van der Waals surface area contributed by atoms with Crippen molar-refractivity contribution >= 4 is 0 Å². The van der Waals surface area contributed by atoms with Crippen LogP contribution in [0.3, 0.4) is 0 Å². The fraction of sp³-hybridized carbons (Fsp3) is 0.800. The molecule has 0 amide bonds. The van der Waals surface area contributed by atoms with Crippen molar-refractivity contribution in [3.05, 3.63) is 12.7 Å². The van der Waals surface area contributed by atoms with Crippen molar-refractivity contribution in [3.63, 3.8) is 0 Å². The topological polar surface area (TPSA) is 14.1 Å². The maximum absolute atomic E-state index is 4.08. The zero-order valence-electron chi connectivity index (χ0n) is 4.85. The molecule has 2 heteroatoms. The van der Waals surface area contributed by atoms with E-state index in [1.54, 1.807) is 0 Å². The van der Waals surface area contributed by atoms with E-state index >= 15 is 0 Å². The summed E-state index contributed by atoms with van der Waals surface area (Å²) in [6.45, 7) is 2.25. The SMILES string of the molecule is C1CC[N-]C1.[CH3-].[Y]. The standard InChI is InChI=1S/C4H8N.CH3.Y/c1-2-4-5-3-1;;/h1-4H2;1H3;/q2*-1;. The summed E-state index contributed by atoms with van der Waals surface area (Å²) in [6, 6.07) is 0. The summed E-state index contributed by atoms with van der Waals surface area (Å²) < 4.78 is 0. The first-order chi connectivity index (χ1) is 2.50. The van der Waals surface area contributed by atoms with Crippen LogP contribution in [0.5, 0.6) is 0 Å². The number of nitrogens with zero attached hydrogens (tertiary/aromatic N) is 1. The third-order valence-electron chi connectivity index (χ3n) is 0.882. The molecule has 1 rings (SSSR count). The summed E-state index contributed by atoms with van der Waals surface area (Å²) >= 11 is 0. The minimum atomic E-state index is 0. The third kappa shape index (κ3) is 4.93. The Bertz CT molecular complexity index is 19.7. The van der Waals surface area contributed by atoms with Crippen molar-refractivity contribution in [3.8, 4) is 0 Å². The summed E-state index contributed by atoms with van der Waals surface area (Å²) in [5, 5.41) is 4.08. The molecule has 0 unspecified atom stereocenters. The van der Waals surface area contributed by atoms with E-state index in [9.17, 15) is 0 Å². The molecule has 1 aliphatic rings. The Hall–Kier alpha value is 1.06. The first-order valence-corrected chi connectivity index (χ1v) is 2.13. The predicted octanol–water partition coefficient (Wildman–Crippen LogP) is 1.60. The molecule has 0 bridgehead atoms. The van der Waals surface area contributed by atoms with Crippen LogP contribution in [0, 0.1) is 7.43 Å². The average Bonchev–Trinajstić information content (AvgIpc) is 1.76. The van der Waals surface area contributed by atoms with Gasteiger partial charge in [-0.1, -0.05) is 12.8 Å². The first kappa shape index (κ1) is 10.9. The van der Waals surface area contributed by atoms with Gasteiger partial charge in [-0.3, -0.25) is 0 Å². The summed E-state index contributed by atoms with van der Waals surface area (Å²) in [5.74, 6) is 0. The molecule has 41 valence electrons. The number of hydrogen-bond acceptors (Lipinski definition) is 0. The molecule has 1 fully saturated rings. The summed E-state index contributed by atoms with van der Waals surface area (Å²) in [5.41, 5.74) is 0. The molecule has 1 radical (unpaired) electrons. The van der Waals surface area contributed by atoms with E-state index in [4.69, 9.17) is 0 Å². The van der Waals surface area contributed by atoms with Gasteiger partial charge in [0.15, 0.2) is 0 Å². The van der Waals surface area contributed by atoms with Gasteiger partial charge in [0.2, 0.25) is 0 Å². The van der Waals surface area contributed by atoms with Gasteiger partial charge >= 0.3 is 0 Å². The maximum atomic E-state index is 4.08. The van der Waals surface area contributed by atoms with Gasteiger partial charge in [-0.25, -0.2) is 0 Å². The van der Waals surface area contributed by atoms with Crippen molar-refractivity contribution in [2.24, 2.45) is 0 Å². The monoisotopic (exact) mass is 174 g/mol. The minimum absolute atomic E-state index is 0. The molecule has 0 N–H and O–H groups in total. The van der Waals surface area contributed by atoms with Gasteiger partial charge in [0.1, 0.15) is 0 Å². The van der Waals surface area contributed by atoms with Gasteiger partial charge < -0.3 is 12.7 Å². The van der Waals surface area contributed by atoms with Crippen molar-refractivity contribution in [2.75, 3.05) is 13.1 Å². The van der Waals surface area contributed by atoms with Gasteiger partial charge in [-0.05, 0) is 0 Å². The Balaban J connectivity index is 0. The number of hydrogen-bond donors (Lipinski definition) is 0. The van der Waals surface area contributed by atoms with Crippen LogP contribution in [0.25, 0.3) is 5.32 Å². The molecule has 1 heterocycles. The molecule has 0 aliphatic carbocycles. The van der Waals surface area contributed by atoms with Crippen LogP contribution < -0.4 is 0 Å². The predicted molar refractivity (Wildman–Crippen MR) is 28.7 cm³/mol.